The van der Waals surface area contributed by atoms with Crippen LogP contribution in [-0.2, 0) is 13.0 Å². The molecule has 0 amide bonds. The van der Waals surface area contributed by atoms with Crippen molar-refractivity contribution in [3.05, 3.63) is 66.1 Å². The lowest BCUT2D eigenvalue weighted by Gasteiger charge is -2.25. The Morgan fingerprint density at radius 1 is 1.16 bits per heavy atom. The molecule has 1 saturated heterocycles. The lowest BCUT2D eigenvalue weighted by Crippen LogP contribution is -2.45. The molecule has 3 heterocycles. The third-order valence-corrected chi connectivity index (χ3v) is 5.45. The molecule has 1 atom stereocenters. The number of likely N-dealkylation sites (tertiary alicyclic amines) is 1. The van der Waals surface area contributed by atoms with Gasteiger partial charge >= 0.3 is 0 Å². The van der Waals surface area contributed by atoms with E-state index in [1.807, 2.05) is 18.2 Å². The number of hydrogen-bond acceptors (Lipinski definition) is 6. The SMILES string of the molecule is CN=C(NCCc1noc(-c2ccccn2)n1)NCC1CCCN1Cc1ccccc1.I. The molecule has 170 valence electrons. The van der Waals surface area contributed by atoms with Crippen molar-refractivity contribution in [3.8, 4) is 11.6 Å². The Morgan fingerprint density at radius 2 is 2.00 bits per heavy atom. The van der Waals surface area contributed by atoms with Gasteiger partial charge in [-0.1, -0.05) is 41.6 Å². The summed E-state index contributed by atoms with van der Waals surface area (Å²) in [4.78, 5) is 15.5. The molecule has 1 aliphatic heterocycles. The summed E-state index contributed by atoms with van der Waals surface area (Å²) in [5.41, 5.74) is 2.05. The van der Waals surface area contributed by atoms with Crippen LogP contribution in [0.2, 0.25) is 0 Å². The highest BCUT2D eigenvalue weighted by Crippen LogP contribution is 2.19. The third kappa shape index (κ3) is 6.73. The minimum absolute atomic E-state index is 0. The Balaban J connectivity index is 0.00000289. The van der Waals surface area contributed by atoms with Crippen LogP contribution in [0, 0.1) is 0 Å². The number of guanidine groups is 1. The number of halogens is 1. The van der Waals surface area contributed by atoms with Crippen LogP contribution in [0.25, 0.3) is 11.6 Å². The van der Waals surface area contributed by atoms with Crippen molar-refractivity contribution in [1.82, 2.24) is 30.7 Å². The zero-order valence-corrected chi connectivity index (χ0v) is 20.6. The van der Waals surface area contributed by atoms with Crippen molar-refractivity contribution in [2.24, 2.45) is 4.99 Å². The van der Waals surface area contributed by atoms with Gasteiger partial charge in [0.05, 0.1) is 0 Å². The molecule has 0 saturated carbocycles. The molecule has 0 spiro atoms. The molecule has 1 aliphatic rings. The summed E-state index contributed by atoms with van der Waals surface area (Å²) < 4.78 is 5.31. The van der Waals surface area contributed by atoms with Gasteiger partial charge in [0.15, 0.2) is 11.8 Å². The molecule has 2 N–H and O–H groups in total. The van der Waals surface area contributed by atoms with Gasteiger partial charge in [-0.15, -0.1) is 24.0 Å². The number of pyridine rings is 1. The average molecular weight is 547 g/mol. The second kappa shape index (κ2) is 12.5. The fourth-order valence-corrected chi connectivity index (χ4v) is 3.83. The predicted octanol–water partition coefficient (Wildman–Crippen LogP) is 3.12. The van der Waals surface area contributed by atoms with E-state index in [2.05, 4.69) is 66.0 Å². The van der Waals surface area contributed by atoms with Crippen LogP contribution >= 0.6 is 24.0 Å². The highest BCUT2D eigenvalue weighted by atomic mass is 127. The Morgan fingerprint density at radius 3 is 2.78 bits per heavy atom. The summed E-state index contributed by atoms with van der Waals surface area (Å²) in [6.45, 7) is 3.68. The zero-order valence-electron chi connectivity index (χ0n) is 18.3. The third-order valence-electron chi connectivity index (χ3n) is 5.45. The second-order valence-electron chi connectivity index (χ2n) is 7.61. The van der Waals surface area contributed by atoms with Crippen molar-refractivity contribution < 1.29 is 4.52 Å². The van der Waals surface area contributed by atoms with Crippen LogP contribution in [0.1, 0.15) is 24.2 Å². The van der Waals surface area contributed by atoms with Gasteiger partial charge in [-0.05, 0) is 37.1 Å². The number of nitrogens with one attached hydrogen (secondary N) is 2. The van der Waals surface area contributed by atoms with Crippen LogP contribution in [-0.4, -0.2) is 58.7 Å². The van der Waals surface area contributed by atoms with Gasteiger partial charge in [-0.25, -0.2) is 0 Å². The van der Waals surface area contributed by atoms with Crippen LogP contribution in [0.15, 0.2) is 64.2 Å². The molecule has 0 aliphatic carbocycles. The first kappa shape index (κ1) is 24.1. The molecule has 32 heavy (non-hydrogen) atoms. The number of hydrogen-bond donors (Lipinski definition) is 2. The van der Waals surface area contributed by atoms with Gasteiger partial charge in [-0.2, -0.15) is 4.98 Å². The van der Waals surface area contributed by atoms with Crippen molar-refractivity contribution in [2.75, 3.05) is 26.7 Å². The largest absolute Gasteiger partial charge is 0.356 e. The van der Waals surface area contributed by atoms with Crippen molar-refractivity contribution >= 4 is 29.9 Å². The first-order chi connectivity index (χ1) is 15.3. The lowest BCUT2D eigenvalue weighted by atomic mass is 10.2. The highest BCUT2D eigenvalue weighted by Gasteiger charge is 2.24. The second-order valence-corrected chi connectivity index (χ2v) is 7.61. The Kier molecular flexibility index (Phi) is 9.42. The minimum Gasteiger partial charge on any atom is -0.356 e. The fraction of sp³-hybridized carbons (Fsp3) is 0.391. The predicted molar refractivity (Wildman–Crippen MR) is 136 cm³/mol. The quantitative estimate of drug-likeness (QED) is 0.255. The minimum atomic E-state index is 0. The molecule has 1 aromatic carbocycles. The normalized spacial score (nSPS) is 16.5. The number of nitrogens with zero attached hydrogens (tertiary/aromatic N) is 5. The van der Waals surface area contributed by atoms with Gasteiger partial charge in [0.2, 0.25) is 0 Å². The Hall–Kier alpha value is -2.53. The number of benzene rings is 1. The first-order valence-electron chi connectivity index (χ1n) is 10.8. The maximum Gasteiger partial charge on any atom is 0.276 e. The van der Waals surface area contributed by atoms with Gasteiger partial charge in [0, 0.05) is 45.3 Å². The summed E-state index contributed by atoms with van der Waals surface area (Å²) in [5, 5.41) is 10.8. The molecule has 0 bridgehead atoms. The maximum atomic E-state index is 5.31. The summed E-state index contributed by atoms with van der Waals surface area (Å²) in [7, 11) is 1.79. The lowest BCUT2D eigenvalue weighted by molar-refractivity contribution is 0.245. The van der Waals surface area contributed by atoms with E-state index in [9.17, 15) is 0 Å². The van der Waals surface area contributed by atoms with E-state index < -0.39 is 0 Å². The maximum absolute atomic E-state index is 5.31. The summed E-state index contributed by atoms with van der Waals surface area (Å²) in [5.74, 6) is 1.88. The van der Waals surface area contributed by atoms with Gasteiger partial charge in [-0.3, -0.25) is 14.9 Å². The van der Waals surface area contributed by atoms with Gasteiger partial charge in [0.25, 0.3) is 5.89 Å². The number of aromatic nitrogens is 3. The van der Waals surface area contributed by atoms with Crippen molar-refractivity contribution in [3.63, 3.8) is 0 Å². The van der Waals surface area contributed by atoms with Crippen molar-refractivity contribution in [2.45, 2.75) is 31.8 Å². The van der Waals surface area contributed by atoms with Crippen LogP contribution in [0.3, 0.4) is 0 Å². The monoisotopic (exact) mass is 547 g/mol. The van der Waals surface area contributed by atoms with Crippen LogP contribution in [0.5, 0.6) is 0 Å². The smallest absolute Gasteiger partial charge is 0.276 e. The molecule has 8 nitrogen and oxygen atoms in total. The first-order valence-corrected chi connectivity index (χ1v) is 10.8. The van der Waals surface area contributed by atoms with Gasteiger partial charge in [0.1, 0.15) is 5.69 Å². The Bertz CT molecular complexity index is 965. The summed E-state index contributed by atoms with van der Waals surface area (Å²) >= 11 is 0. The summed E-state index contributed by atoms with van der Waals surface area (Å²) in [6, 6.07) is 16.8. The molecule has 3 aromatic rings. The molecule has 4 rings (SSSR count). The molecule has 1 fully saturated rings. The van der Waals surface area contributed by atoms with E-state index in [4.69, 9.17) is 4.52 Å². The number of rotatable bonds is 8. The van der Waals surface area contributed by atoms with E-state index in [1.54, 1.807) is 13.2 Å². The highest BCUT2D eigenvalue weighted by molar-refractivity contribution is 14.0. The topological polar surface area (TPSA) is 91.5 Å². The van der Waals surface area contributed by atoms with E-state index in [1.165, 1.54) is 18.4 Å². The standard InChI is InChI=1S/C23H29N7O.HI/c1-24-23(26-14-12-21-28-22(31-29-21)20-11-5-6-13-25-20)27-16-19-10-7-15-30(19)17-18-8-3-2-4-9-18;/h2-6,8-9,11,13,19H,7,10,12,14-17H2,1H3,(H2,24,26,27);1H. The average Bonchev–Trinajstić information content (AvgIpc) is 3.47. The van der Waals surface area contributed by atoms with Crippen molar-refractivity contribution in [1.29, 1.82) is 0 Å². The van der Waals surface area contributed by atoms with Crippen LogP contribution in [0.4, 0.5) is 0 Å². The number of aliphatic imine (C=N–C) groups is 1. The van der Waals surface area contributed by atoms with E-state index in [0.29, 0.717) is 36.4 Å². The van der Waals surface area contributed by atoms with Crippen LogP contribution < -0.4 is 10.6 Å². The Labute approximate surface area is 205 Å². The summed E-state index contributed by atoms with van der Waals surface area (Å²) in [6.07, 6.45) is 4.79. The molecule has 1 unspecified atom stereocenters. The molecular formula is C23H30IN7O. The molecule has 2 aromatic heterocycles. The van der Waals surface area contributed by atoms with E-state index in [0.717, 1.165) is 25.6 Å². The molecule has 9 heteroatoms. The zero-order chi connectivity index (χ0) is 21.3. The van der Waals surface area contributed by atoms with E-state index >= 15 is 0 Å². The van der Waals surface area contributed by atoms with E-state index in [-0.39, 0.29) is 24.0 Å². The molecular weight excluding hydrogens is 517 g/mol. The van der Waals surface area contributed by atoms with Gasteiger partial charge < -0.3 is 15.2 Å². The molecule has 0 radical (unpaired) electrons. The fourth-order valence-electron chi connectivity index (χ4n) is 3.83.